The van der Waals surface area contributed by atoms with Gasteiger partial charge in [0.1, 0.15) is 20.2 Å². The van der Waals surface area contributed by atoms with Crippen LogP contribution in [0.1, 0.15) is 39.7 Å². The average molecular weight is 417 g/mol. The third kappa shape index (κ3) is 8.12. The van der Waals surface area contributed by atoms with Crippen LogP contribution in [0.4, 0.5) is 0 Å². The molecule has 0 saturated heterocycles. The van der Waals surface area contributed by atoms with Crippen LogP contribution in [0.3, 0.4) is 0 Å². The normalized spacial score (nSPS) is 13.4. The fraction of sp³-hybridized carbons (Fsp3) is 0.500. The number of benzene rings is 1. The Bertz CT molecular complexity index is 789. The molecule has 0 spiro atoms. The van der Waals surface area contributed by atoms with Gasteiger partial charge in [-0.3, -0.25) is 9.59 Å². The van der Waals surface area contributed by atoms with Gasteiger partial charge in [0, 0.05) is 19.8 Å². The summed E-state index contributed by atoms with van der Waals surface area (Å²) in [6.45, 7) is 12.0. The fourth-order valence-corrected chi connectivity index (χ4v) is 3.26. The largest absolute Gasteiger partial charge is 0.480 e. The summed E-state index contributed by atoms with van der Waals surface area (Å²) in [6, 6.07) is 7.25. The predicted molar refractivity (Wildman–Crippen MR) is 117 cm³/mol. The molecule has 0 aliphatic rings. The molecule has 1 aromatic rings. The van der Waals surface area contributed by atoms with Crippen molar-refractivity contribution in [2.24, 2.45) is 0 Å². The van der Waals surface area contributed by atoms with Crippen LogP contribution in [0.25, 0.3) is 0 Å². The molecule has 3 N–H and O–H groups in total. The summed E-state index contributed by atoms with van der Waals surface area (Å²) < 4.78 is 0. The van der Waals surface area contributed by atoms with Gasteiger partial charge in [-0.1, -0.05) is 64.2 Å². The van der Waals surface area contributed by atoms with Gasteiger partial charge in [0.05, 0.1) is 0 Å². The summed E-state index contributed by atoms with van der Waals surface area (Å²) in [7, 11) is -1.86. The average Bonchev–Trinajstić information content (AvgIpc) is 2.59. The topological polar surface area (TPSA) is 95.5 Å². The number of carboxylic acid groups (broad SMARTS) is 1. The van der Waals surface area contributed by atoms with Crippen molar-refractivity contribution >= 4 is 25.9 Å². The Labute approximate surface area is 174 Å². The fourth-order valence-electron chi connectivity index (χ4n) is 2.34. The molecule has 158 valence electrons. The Morgan fingerprint density at radius 3 is 2.14 bits per heavy atom. The molecule has 2 atom stereocenters. The molecule has 0 saturated carbocycles. The Hall–Kier alpha value is -2.59. The molecule has 6 nitrogen and oxygen atoms in total. The highest BCUT2D eigenvalue weighted by molar-refractivity contribution is 6.87. The Balaban J connectivity index is 2.90. The minimum absolute atomic E-state index is 0.0196. The lowest BCUT2D eigenvalue weighted by Crippen LogP contribution is -2.52. The standard InChI is InChI=1S/C22H32N2O4Si/c1-16(25)23-19(15-17-11-8-7-9-12-17)20(26)24-18(21(27)28)13-10-14-29(5,6)22(2,3)4/h7-9,11-12,18-19H,13,15H2,1-6H3,(H,23,25)(H,24,26)(H,27,28)/t18-,19+/m1/s1. The van der Waals surface area contributed by atoms with Crippen LogP contribution in [0, 0.1) is 11.5 Å². The van der Waals surface area contributed by atoms with Gasteiger partial charge in [-0.25, -0.2) is 4.79 Å². The number of amides is 2. The minimum Gasteiger partial charge on any atom is -0.480 e. The Morgan fingerprint density at radius 2 is 1.66 bits per heavy atom. The first-order valence-corrected chi connectivity index (χ1v) is 12.7. The van der Waals surface area contributed by atoms with E-state index in [2.05, 4.69) is 56.0 Å². The molecule has 1 rings (SSSR count). The molecule has 0 radical (unpaired) electrons. The molecule has 2 amide bonds. The molecule has 29 heavy (non-hydrogen) atoms. The molecule has 0 heterocycles. The molecule has 0 fully saturated rings. The van der Waals surface area contributed by atoms with Crippen LogP contribution in [-0.2, 0) is 20.8 Å². The molecule has 7 heteroatoms. The van der Waals surface area contributed by atoms with Crippen LogP contribution >= 0.6 is 0 Å². The lowest BCUT2D eigenvalue weighted by Gasteiger charge is -2.31. The number of carboxylic acids is 1. The van der Waals surface area contributed by atoms with Gasteiger partial charge in [-0.2, -0.15) is 0 Å². The first-order chi connectivity index (χ1) is 13.3. The van der Waals surface area contributed by atoms with E-state index in [9.17, 15) is 19.5 Å². The van der Waals surface area contributed by atoms with Crippen LogP contribution in [-0.4, -0.2) is 43.0 Å². The zero-order valence-corrected chi connectivity index (χ0v) is 19.1. The van der Waals surface area contributed by atoms with Crippen molar-refractivity contribution in [3.8, 4) is 11.5 Å². The quantitative estimate of drug-likeness (QED) is 0.470. The van der Waals surface area contributed by atoms with Crippen molar-refractivity contribution in [2.75, 3.05) is 0 Å². The maximum Gasteiger partial charge on any atom is 0.327 e. The predicted octanol–water partition coefficient (Wildman–Crippen LogP) is 2.74. The number of nitrogens with one attached hydrogen (secondary N) is 2. The van der Waals surface area contributed by atoms with E-state index in [1.807, 2.05) is 30.3 Å². The van der Waals surface area contributed by atoms with Gasteiger partial charge in [0.25, 0.3) is 0 Å². The second-order valence-corrected chi connectivity index (χ2v) is 13.7. The molecule has 1 aromatic carbocycles. The summed E-state index contributed by atoms with van der Waals surface area (Å²) in [5.41, 5.74) is 4.13. The van der Waals surface area contributed by atoms with E-state index in [1.54, 1.807) is 0 Å². The van der Waals surface area contributed by atoms with Crippen molar-refractivity contribution in [1.82, 2.24) is 10.6 Å². The second kappa shape index (κ2) is 10.3. The summed E-state index contributed by atoms with van der Waals surface area (Å²) >= 11 is 0. The van der Waals surface area contributed by atoms with Crippen LogP contribution in [0.2, 0.25) is 18.1 Å². The maximum atomic E-state index is 12.7. The van der Waals surface area contributed by atoms with E-state index in [-0.39, 0.29) is 23.8 Å². The SMILES string of the molecule is CC(=O)N[C@@H](Cc1ccccc1)C(=O)N[C@H](CC#C[Si](C)(C)C(C)(C)C)C(=O)O. The molecule has 0 aliphatic heterocycles. The summed E-state index contributed by atoms with van der Waals surface area (Å²) in [4.78, 5) is 35.8. The van der Waals surface area contributed by atoms with Gasteiger partial charge in [0.15, 0.2) is 0 Å². The lowest BCUT2D eigenvalue weighted by molar-refractivity contribution is -0.142. The number of hydrogen-bond acceptors (Lipinski definition) is 3. The van der Waals surface area contributed by atoms with Gasteiger partial charge >= 0.3 is 5.97 Å². The molecule has 0 unspecified atom stereocenters. The van der Waals surface area contributed by atoms with E-state index in [4.69, 9.17) is 0 Å². The van der Waals surface area contributed by atoms with Crippen molar-refractivity contribution in [1.29, 1.82) is 0 Å². The maximum absolute atomic E-state index is 12.7. The van der Waals surface area contributed by atoms with E-state index < -0.39 is 32.0 Å². The first-order valence-electron chi connectivity index (χ1n) is 9.67. The lowest BCUT2D eigenvalue weighted by atomic mass is 10.0. The molecule has 0 aromatic heterocycles. The summed E-state index contributed by atoms with van der Waals surface area (Å²) in [5, 5.41) is 14.7. The number of carbonyl (C=O) groups excluding carboxylic acids is 2. The zero-order chi connectivity index (χ0) is 22.2. The van der Waals surface area contributed by atoms with E-state index in [1.165, 1.54) is 6.92 Å². The Kier molecular flexibility index (Phi) is 8.65. The van der Waals surface area contributed by atoms with Gasteiger partial charge in [-0.15, -0.1) is 11.5 Å². The third-order valence-electron chi connectivity index (χ3n) is 5.17. The van der Waals surface area contributed by atoms with Crippen molar-refractivity contribution < 1.29 is 19.5 Å². The number of carbonyl (C=O) groups is 3. The highest BCUT2D eigenvalue weighted by atomic mass is 28.3. The van der Waals surface area contributed by atoms with Crippen LogP contribution in [0.5, 0.6) is 0 Å². The molecule has 0 aliphatic carbocycles. The van der Waals surface area contributed by atoms with E-state index in [0.717, 1.165) is 5.56 Å². The minimum atomic E-state index is -1.86. The zero-order valence-electron chi connectivity index (χ0n) is 18.1. The highest BCUT2D eigenvalue weighted by Crippen LogP contribution is 2.35. The molecular formula is C22H32N2O4Si. The highest BCUT2D eigenvalue weighted by Gasteiger charge is 2.34. The van der Waals surface area contributed by atoms with Crippen LogP contribution < -0.4 is 10.6 Å². The van der Waals surface area contributed by atoms with Crippen LogP contribution in [0.15, 0.2) is 30.3 Å². The van der Waals surface area contributed by atoms with Crippen molar-refractivity contribution in [3.63, 3.8) is 0 Å². The van der Waals surface area contributed by atoms with Crippen molar-refractivity contribution in [2.45, 2.75) is 70.8 Å². The third-order valence-corrected chi connectivity index (χ3v) is 9.73. The Morgan fingerprint density at radius 1 is 1.07 bits per heavy atom. The number of aliphatic carboxylic acids is 1. The molecule has 0 bridgehead atoms. The number of rotatable bonds is 7. The first kappa shape index (κ1) is 24.4. The second-order valence-electron chi connectivity index (χ2n) is 8.72. The summed E-state index contributed by atoms with van der Waals surface area (Å²) in [5.74, 6) is 0.936. The molecular weight excluding hydrogens is 384 g/mol. The van der Waals surface area contributed by atoms with E-state index >= 15 is 0 Å². The van der Waals surface area contributed by atoms with Gasteiger partial charge in [0.2, 0.25) is 11.8 Å². The van der Waals surface area contributed by atoms with Gasteiger partial charge < -0.3 is 15.7 Å². The monoisotopic (exact) mass is 416 g/mol. The van der Waals surface area contributed by atoms with Crippen molar-refractivity contribution in [3.05, 3.63) is 35.9 Å². The summed E-state index contributed by atoms with van der Waals surface area (Å²) in [6.07, 6.45) is 0.292. The van der Waals surface area contributed by atoms with Gasteiger partial charge in [-0.05, 0) is 10.6 Å². The number of hydrogen-bond donors (Lipinski definition) is 3. The van der Waals surface area contributed by atoms with E-state index in [0.29, 0.717) is 0 Å². The smallest absolute Gasteiger partial charge is 0.327 e.